The first-order chi connectivity index (χ1) is 30.4. The summed E-state index contributed by atoms with van der Waals surface area (Å²) in [5, 5.41) is 113. The molecule has 4 heterocycles. The Kier molecular flexibility index (Phi) is 14.6. The molecule has 0 aromatic heterocycles. The van der Waals surface area contributed by atoms with Gasteiger partial charge < -0.3 is 89.3 Å². The first-order valence-corrected chi connectivity index (χ1v) is 23.4. The van der Waals surface area contributed by atoms with Crippen molar-refractivity contribution in [2.45, 2.75) is 190 Å². The fraction of sp³-hybridized carbons (Fsp3) is 0.933. The third-order valence-electron chi connectivity index (χ3n) is 17.2. The topological polar surface area (TPSA) is 304 Å². The summed E-state index contributed by atoms with van der Waals surface area (Å²) in [4.78, 5) is 14.6. The molecule has 19 nitrogen and oxygen atoms in total. The Hall–Kier alpha value is -1.47. The molecule has 4 aliphatic heterocycles. The Morgan fingerprint density at radius 1 is 0.703 bits per heavy atom. The largest absolute Gasteiger partial charge is 0.494 e. The molecular formula is C45H72O19. The minimum absolute atomic E-state index is 0.00138. The van der Waals surface area contributed by atoms with Crippen LogP contribution in [0, 0.1) is 46.3 Å². The monoisotopic (exact) mass is 916 g/mol. The Bertz CT molecular complexity index is 1660. The first-order valence-electron chi connectivity index (χ1n) is 23.4. The maximum atomic E-state index is 14.6. The zero-order chi connectivity index (χ0) is 46.2. The quantitative estimate of drug-likeness (QED) is 0.0923. The number of aliphatic hydroxyl groups excluding tert-OH is 11. The number of aliphatic hydroxyl groups is 11. The Morgan fingerprint density at radius 2 is 1.30 bits per heavy atom. The van der Waals surface area contributed by atoms with E-state index in [1.54, 1.807) is 0 Å². The maximum absolute atomic E-state index is 14.6. The van der Waals surface area contributed by atoms with Crippen molar-refractivity contribution >= 4 is 5.78 Å². The first kappa shape index (κ1) is 49.0. The van der Waals surface area contributed by atoms with Crippen molar-refractivity contribution in [1.29, 1.82) is 0 Å². The Labute approximate surface area is 373 Å². The molecule has 64 heavy (non-hydrogen) atoms. The molecule has 0 aromatic carbocycles. The van der Waals surface area contributed by atoms with Crippen molar-refractivity contribution in [2.75, 3.05) is 26.4 Å². The summed E-state index contributed by atoms with van der Waals surface area (Å²) >= 11 is 0. The molecule has 0 spiro atoms. The van der Waals surface area contributed by atoms with Crippen LogP contribution < -0.4 is 0 Å². The number of allylic oxidation sites excluding steroid dienone is 1. The van der Waals surface area contributed by atoms with Crippen LogP contribution in [-0.4, -0.2) is 193 Å². The molecule has 19 heteroatoms. The molecule has 0 radical (unpaired) electrons. The molecule has 366 valence electrons. The molecule has 11 N–H and O–H groups in total. The average Bonchev–Trinajstić information content (AvgIpc) is 3.77. The lowest BCUT2D eigenvalue weighted by atomic mass is 9.44. The maximum Gasteiger partial charge on any atom is 0.187 e. The summed E-state index contributed by atoms with van der Waals surface area (Å²) in [5.74, 6) is 2.21. The summed E-state index contributed by atoms with van der Waals surface area (Å²) in [5.41, 5.74) is 0.474. The minimum atomic E-state index is -1.76. The standard InChI is InChI=1S/C45H72O19/c1-18(17-58-41-37(55)34(52)32(50)27(14-46)61-41)5-8-25-19(2)31-26(60-25)12-24-22-7-6-20-11-21(9-10-44(20,3)23(22)13-30(49)45(24,31)4)59-42-39(57)36(54)40(29(16-48)63-42)64-43-38(56)35(53)33(51)28(15-47)62-43/h18,20-24,26-29,31-43,46-48,50-57H,5-17H2,1-4H3/t18-,20+,21+,22-,23+,24+,26+,27-,28-,29-,31+,32-,33-,34+,35+,36-,37-,38-,39-,40+,41-,42-,43+,44+,45-/m1/s1. The molecule has 3 saturated heterocycles. The highest BCUT2D eigenvalue weighted by Gasteiger charge is 2.68. The normalized spacial score (nSPS) is 52.1. The number of fused-ring (bicyclic) bond motifs is 7. The fourth-order valence-corrected chi connectivity index (χ4v) is 13.4. The molecule has 8 aliphatic rings. The smallest absolute Gasteiger partial charge is 0.187 e. The van der Waals surface area contributed by atoms with Crippen LogP contribution >= 0.6 is 0 Å². The molecule has 8 rings (SSSR count). The molecule has 0 bridgehead atoms. The summed E-state index contributed by atoms with van der Waals surface area (Å²) in [7, 11) is 0. The van der Waals surface area contributed by atoms with Gasteiger partial charge in [-0.15, -0.1) is 0 Å². The molecule has 0 amide bonds. The predicted octanol–water partition coefficient (Wildman–Crippen LogP) is -1.65. The van der Waals surface area contributed by atoms with E-state index in [1.807, 2.05) is 6.92 Å². The van der Waals surface area contributed by atoms with Crippen molar-refractivity contribution in [3.05, 3.63) is 11.3 Å². The highest BCUT2D eigenvalue weighted by molar-refractivity contribution is 5.87. The zero-order valence-corrected chi connectivity index (χ0v) is 37.2. The molecule has 0 unspecified atom stereocenters. The van der Waals surface area contributed by atoms with Gasteiger partial charge in [0.2, 0.25) is 0 Å². The van der Waals surface area contributed by atoms with Crippen molar-refractivity contribution in [2.24, 2.45) is 46.3 Å². The Morgan fingerprint density at radius 3 is 1.95 bits per heavy atom. The van der Waals surface area contributed by atoms with Gasteiger partial charge in [0.05, 0.1) is 38.3 Å². The van der Waals surface area contributed by atoms with Crippen molar-refractivity contribution in [1.82, 2.24) is 0 Å². The number of hydrogen-bond acceptors (Lipinski definition) is 19. The van der Waals surface area contributed by atoms with Gasteiger partial charge in [0.15, 0.2) is 18.9 Å². The van der Waals surface area contributed by atoms with Gasteiger partial charge in [0.1, 0.15) is 85.1 Å². The molecule has 0 aromatic rings. The van der Waals surface area contributed by atoms with Gasteiger partial charge in [0.25, 0.3) is 0 Å². The summed E-state index contributed by atoms with van der Waals surface area (Å²) in [6.07, 6.45) is -15.6. The van der Waals surface area contributed by atoms with E-state index in [0.29, 0.717) is 43.8 Å². The zero-order valence-electron chi connectivity index (χ0n) is 37.2. The van der Waals surface area contributed by atoms with Crippen LogP contribution in [0.25, 0.3) is 0 Å². The van der Waals surface area contributed by atoms with Gasteiger partial charge >= 0.3 is 0 Å². The van der Waals surface area contributed by atoms with E-state index in [9.17, 15) is 61.0 Å². The lowest BCUT2D eigenvalue weighted by Crippen LogP contribution is -2.65. The molecule has 4 aliphatic carbocycles. The lowest BCUT2D eigenvalue weighted by Gasteiger charge is -2.60. The van der Waals surface area contributed by atoms with E-state index in [-0.39, 0.29) is 53.8 Å². The van der Waals surface area contributed by atoms with E-state index in [0.717, 1.165) is 37.0 Å². The van der Waals surface area contributed by atoms with Gasteiger partial charge in [-0.05, 0) is 92.4 Å². The predicted molar refractivity (Wildman–Crippen MR) is 218 cm³/mol. The third-order valence-corrected chi connectivity index (χ3v) is 17.2. The number of carbonyl (C=O) groups is 1. The van der Waals surface area contributed by atoms with Crippen LogP contribution in [0.2, 0.25) is 0 Å². The van der Waals surface area contributed by atoms with E-state index < -0.39 is 117 Å². The number of Topliss-reactive ketones (excluding diaryl/α,β-unsaturated/α-hetero) is 1. The number of rotatable bonds is 13. The van der Waals surface area contributed by atoms with Crippen LogP contribution in [0.1, 0.15) is 85.5 Å². The van der Waals surface area contributed by atoms with Crippen molar-refractivity contribution in [3.63, 3.8) is 0 Å². The Balaban J connectivity index is 0.855. The van der Waals surface area contributed by atoms with Crippen LogP contribution in [0.15, 0.2) is 11.3 Å². The van der Waals surface area contributed by atoms with Crippen LogP contribution in [0.3, 0.4) is 0 Å². The van der Waals surface area contributed by atoms with E-state index in [4.69, 9.17) is 33.2 Å². The molecular weight excluding hydrogens is 844 g/mol. The highest BCUT2D eigenvalue weighted by atomic mass is 16.7. The molecule has 7 fully saturated rings. The summed E-state index contributed by atoms with van der Waals surface area (Å²) < 4.78 is 41.4. The SMILES string of the molecule is CC1=C(CC[C@@H](C)CO[C@@H]2O[C@H](CO)[C@@H](O)[C@H](O)[C@H]2O)O[C@H]2C[C@H]3[C@@H]4CC[C@H]5C[C@@H](O[C@@H]6O[C@H](CO)[C@H](O[C@@H]7O[C@H](CO)[C@@H](O)[C@H](O)[C@H]7O)[C@H](O)[C@H]6O)CC[C@]5(C)[C@H]4CC(=O)[C@]3(C)[C@@H]12. The third kappa shape index (κ3) is 8.43. The number of ether oxygens (including phenoxy) is 7. The van der Waals surface area contributed by atoms with E-state index in [1.165, 1.54) is 0 Å². The van der Waals surface area contributed by atoms with Gasteiger partial charge in [-0.25, -0.2) is 0 Å². The number of hydrogen-bond donors (Lipinski definition) is 11. The average molecular weight is 917 g/mol. The van der Waals surface area contributed by atoms with Gasteiger partial charge in [0, 0.05) is 24.2 Å². The second-order valence-electron chi connectivity index (χ2n) is 20.8. The van der Waals surface area contributed by atoms with Gasteiger partial charge in [-0.3, -0.25) is 4.79 Å². The van der Waals surface area contributed by atoms with Crippen LogP contribution in [0.5, 0.6) is 0 Å². The highest BCUT2D eigenvalue weighted by Crippen LogP contribution is 2.69. The van der Waals surface area contributed by atoms with Crippen molar-refractivity contribution < 1.29 is 94.1 Å². The van der Waals surface area contributed by atoms with Crippen LogP contribution in [0.4, 0.5) is 0 Å². The summed E-state index contributed by atoms with van der Waals surface area (Å²) in [6, 6.07) is 0. The van der Waals surface area contributed by atoms with Gasteiger partial charge in [-0.2, -0.15) is 0 Å². The second kappa shape index (κ2) is 19.1. The molecule has 25 atom stereocenters. The van der Waals surface area contributed by atoms with Crippen molar-refractivity contribution in [3.8, 4) is 0 Å². The fourth-order valence-electron chi connectivity index (χ4n) is 13.4. The lowest BCUT2D eigenvalue weighted by molar-refractivity contribution is -0.364. The van der Waals surface area contributed by atoms with Crippen LogP contribution in [-0.2, 0) is 38.0 Å². The summed E-state index contributed by atoms with van der Waals surface area (Å²) in [6.45, 7) is 6.93. The van der Waals surface area contributed by atoms with Gasteiger partial charge in [-0.1, -0.05) is 20.8 Å². The minimum Gasteiger partial charge on any atom is -0.494 e. The second-order valence-corrected chi connectivity index (χ2v) is 20.8. The molecule has 4 saturated carbocycles. The van der Waals surface area contributed by atoms with E-state index >= 15 is 0 Å². The number of ketones is 1. The number of carbonyl (C=O) groups excluding carboxylic acids is 1. The van der Waals surface area contributed by atoms with E-state index in [2.05, 4.69) is 20.8 Å².